The maximum absolute atomic E-state index is 13.8. The van der Waals surface area contributed by atoms with E-state index in [-0.39, 0.29) is 30.2 Å². The number of furan rings is 1. The first-order valence-corrected chi connectivity index (χ1v) is 11.5. The van der Waals surface area contributed by atoms with E-state index in [1.807, 2.05) is 42.5 Å². The number of benzene rings is 2. The molecule has 2 aromatic carbocycles. The third-order valence-corrected chi connectivity index (χ3v) is 6.20. The number of ether oxygens (including phenoxy) is 2. The van der Waals surface area contributed by atoms with Gasteiger partial charge in [0.15, 0.2) is 5.76 Å². The summed E-state index contributed by atoms with van der Waals surface area (Å²) < 4.78 is 16.4. The van der Waals surface area contributed by atoms with Gasteiger partial charge in [-0.3, -0.25) is 9.59 Å². The highest BCUT2D eigenvalue weighted by atomic mass is 16.5. The molecule has 1 N–H and O–H groups in total. The Hall–Kier alpha value is -3.74. The minimum Gasteiger partial charge on any atom is -0.497 e. The Labute approximate surface area is 199 Å². The lowest BCUT2D eigenvalue weighted by molar-refractivity contribution is -0.126. The summed E-state index contributed by atoms with van der Waals surface area (Å²) in [5.41, 5.74) is 1.44. The van der Waals surface area contributed by atoms with Gasteiger partial charge in [-0.1, -0.05) is 43.2 Å². The topological polar surface area (TPSA) is 81.0 Å². The molecule has 2 amide bonds. The van der Waals surface area contributed by atoms with Gasteiger partial charge in [0.25, 0.3) is 5.91 Å². The molecule has 0 radical (unpaired) electrons. The quantitative estimate of drug-likeness (QED) is 0.497. The number of carbonyl (C=O) groups excluding carboxylic acids is 2. The van der Waals surface area contributed by atoms with Gasteiger partial charge in [-0.2, -0.15) is 0 Å². The summed E-state index contributed by atoms with van der Waals surface area (Å²) in [4.78, 5) is 29.0. The number of rotatable bonds is 9. The maximum atomic E-state index is 13.8. The van der Waals surface area contributed by atoms with Crippen LogP contribution >= 0.6 is 0 Å². The van der Waals surface area contributed by atoms with Gasteiger partial charge in [-0.15, -0.1) is 0 Å². The number of hydrogen-bond donors (Lipinski definition) is 1. The number of para-hydroxylation sites is 1. The molecular weight excluding hydrogens is 432 g/mol. The molecule has 178 valence electrons. The zero-order chi connectivity index (χ0) is 23.9. The molecule has 4 rings (SSSR count). The van der Waals surface area contributed by atoms with Crippen molar-refractivity contribution in [1.82, 2.24) is 10.2 Å². The van der Waals surface area contributed by atoms with Gasteiger partial charge in [0.05, 0.1) is 27.0 Å². The first kappa shape index (κ1) is 23.4. The van der Waals surface area contributed by atoms with E-state index in [0.29, 0.717) is 17.1 Å². The molecule has 3 aromatic rings. The molecule has 1 atom stereocenters. The zero-order valence-corrected chi connectivity index (χ0v) is 19.5. The van der Waals surface area contributed by atoms with Gasteiger partial charge in [-0.25, -0.2) is 0 Å². The number of methoxy groups -OCH3 is 2. The van der Waals surface area contributed by atoms with E-state index in [1.54, 1.807) is 32.4 Å². The first-order chi connectivity index (χ1) is 16.6. The number of nitrogens with one attached hydrogen (secondary N) is 1. The smallest absolute Gasteiger partial charge is 0.290 e. The van der Waals surface area contributed by atoms with Gasteiger partial charge >= 0.3 is 0 Å². The van der Waals surface area contributed by atoms with Crippen LogP contribution in [-0.4, -0.2) is 37.0 Å². The van der Waals surface area contributed by atoms with E-state index >= 15 is 0 Å². The molecule has 34 heavy (non-hydrogen) atoms. The van der Waals surface area contributed by atoms with E-state index in [4.69, 9.17) is 13.9 Å². The number of nitrogens with zero attached hydrogens (tertiary/aromatic N) is 1. The monoisotopic (exact) mass is 462 g/mol. The van der Waals surface area contributed by atoms with Crippen LogP contribution in [0, 0.1) is 0 Å². The molecule has 0 bridgehead atoms. The van der Waals surface area contributed by atoms with Crippen molar-refractivity contribution < 1.29 is 23.5 Å². The summed E-state index contributed by atoms with van der Waals surface area (Å²) in [5, 5.41) is 3.17. The van der Waals surface area contributed by atoms with Gasteiger partial charge in [0.1, 0.15) is 17.5 Å². The average Bonchev–Trinajstić information content (AvgIpc) is 3.58. The molecule has 1 fully saturated rings. The van der Waals surface area contributed by atoms with Crippen LogP contribution in [0.4, 0.5) is 0 Å². The van der Waals surface area contributed by atoms with E-state index in [0.717, 1.165) is 31.2 Å². The Bertz CT molecular complexity index is 1110. The predicted molar refractivity (Wildman–Crippen MR) is 128 cm³/mol. The third-order valence-electron chi connectivity index (χ3n) is 6.20. The van der Waals surface area contributed by atoms with Crippen molar-refractivity contribution in [3.63, 3.8) is 0 Å². The van der Waals surface area contributed by atoms with Crippen molar-refractivity contribution in [3.05, 3.63) is 83.8 Å². The van der Waals surface area contributed by atoms with E-state index in [9.17, 15) is 9.59 Å². The highest BCUT2D eigenvalue weighted by molar-refractivity contribution is 5.96. The van der Waals surface area contributed by atoms with Crippen LogP contribution in [0.3, 0.4) is 0 Å². The molecule has 1 aliphatic carbocycles. The Kier molecular flexibility index (Phi) is 7.52. The van der Waals surface area contributed by atoms with Crippen LogP contribution in [0.15, 0.2) is 71.3 Å². The second kappa shape index (κ2) is 10.9. The summed E-state index contributed by atoms with van der Waals surface area (Å²) >= 11 is 0. The second-order valence-electron chi connectivity index (χ2n) is 8.39. The summed E-state index contributed by atoms with van der Waals surface area (Å²) in [7, 11) is 3.16. The fourth-order valence-corrected chi connectivity index (χ4v) is 4.47. The van der Waals surface area contributed by atoms with Crippen molar-refractivity contribution in [2.45, 2.75) is 44.3 Å². The van der Waals surface area contributed by atoms with Crippen LogP contribution < -0.4 is 14.8 Å². The first-order valence-electron chi connectivity index (χ1n) is 11.5. The van der Waals surface area contributed by atoms with Crippen LogP contribution in [0.2, 0.25) is 0 Å². The van der Waals surface area contributed by atoms with Crippen LogP contribution in [0.25, 0.3) is 0 Å². The van der Waals surface area contributed by atoms with Crippen LogP contribution in [-0.2, 0) is 11.3 Å². The van der Waals surface area contributed by atoms with Gasteiger partial charge in [0.2, 0.25) is 5.91 Å². The summed E-state index contributed by atoms with van der Waals surface area (Å²) in [6.07, 6.45) is 5.51. The van der Waals surface area contributed by atoms with Crippen molar-refractivity contribution in [2.24, 2.45) is 0 Å². The Morgan fingerprint density at radius 3 is 2.53 bits per heavy atom. The minimum atomic E-state index is -0.891. The molecular formula is C27H30N2O5. The standard InChI is InChI=1S/C27H30N2O5/c1-32-22-13-7-10-19(17-22)25(26(30)28-21-11-4-5-12-21)29(27(31)24-15-8-16-34-24)18-20-9-3-6-14-23(20)33-2/h3,6-10,13-17,21,25H,4-5,11-12,18H2,1-2H3,(H,28,30)/t25-/m0/s1. The van der Waals surface area contributed by atoms with E-state index < -0.39 is 6.04 Å². The lowest BCUT2D eigenvalue weighted by Crippen LogP contribution is -2.45. The van der Waals surface area contributed by atoms with Gasteiger partial charge < -0.3 is 24.1 Å². The molecule has 1 heterocycles. The largest absolute Gasteiger partial charge is 0.497 e. The highest BCUT2D eigenvalue weighted by Gasteiger charge is 2.35. The SMILES string of the molecule is COc1cccc([C@@H](C(=O)NC2CCCC2)N(Cc2ccccc2OC)C(=O)c2ccco2)c1. The minimum absolute atomic E-state index is 0.104. The lowest BCUT2D eigenvalue weighted by atomic mass is 10.0. The van der Waals surface area contributed by atoms with Gasteiger partial charge in [0, 0.05) is 11.6 Å². The molecule has 1 saturated carbocycles. The molecule has 7 nitrogen and oxygen atoms in total. The van der Waals surface area contributed by atoms with Crippen molar-refractivity contribution in [3.8, 4) is 11.5 Å². The zero-order valence-electron chi connectivity index (χ0n) is 19.5. The van der Waals surface area contributed by atoms with Crippen LogP contribution in [0.1, 0.15) is 53.4 Å². The molecule has 0 saturated heterocycles. The number of amides is 2. The van der Waals surface area contributed by atoms with E-state index in [1.165, 1.54) is 11.2 Å². The van der Waals surface area contributed by atoms with Gasteiger partial charge in [-0.05, 0) is 48.7 Å². The van der Waals surface area contributed by atoms with Crippen LogP contribution in [0.5, 0.6) is 11.5 Å². The molecule has 0 spiro atoms. The summed E-state index contributed by atoms with van der Waals surface area (Å²) in [5.74, 6) is 0.802. The second-order valence-corrected chi connectivity index (χ2v) is 8.39. The molecule has 1 aromatic heterocycles. The fourth-order valence-electron chi connectivity index (χ4n) is 4.47. The Morgan fingerprint density at radius 2 is 1.82 bits per heavy atom. The lowest BCUT2D eigenvalue weighted by Gasteiger charge is -2.32. The molecule has 0 aliphatic heterocycles. The predicted octanol–water partition coefficient (Wildman–Crippen LogP) is 4.74. The Morgan fingerprint density at radius 1 is 1.03 bits per heavy atom. The third kappa shape index (κ3) is 5.25. The van der Waals surface area contributed by atoms with E-state index in [2.05, 4.69) is 5.32 Å². The molecule has 0 unspecified atom stereocenters. The maximum Gasteiger partial charge on any atom is 0.290 e. The van der Waals surface area contributed by atoms with Crippen molar-refractivity contribution in [1.29, 1.82) is 0 Å². The number of carbonyl (C=O) groups is 2. The average molecular weight is 463 g/mol. The Balaban J connectivity index is 1.78. The summed E-state index contributed by atoms with van der Waals surface area (Å²) in [6.45, 7) is 0.156. The van der Waals surface area contributed by atoms with Crippen molar-refractivity contribution >= 4 is 11.8 Å². The fraction of sp³-hybridized carbons (Fsp3) is 0.333. The highest BCUT2D eigenvalue weighted by Crippen LogP contribution is 2.31. The molecule has 7 heteroatoms. The number of hydrogen-bond acceptors (Lipinski definition) is 5. The normalized spacial score (nSPS) is 14.4. The van der Waals surface area contributed by atoms with Crippen molar-refractivity contribution in [2.75, 3.05) is 14.2 Å². The summed E-state index contributed by atoms with van der Waals surface area (Å²) in [6, 6.07) is 17.2. The molecule has 1 aliphatic rings.